The van der Waals surface area contributed by atoms with Crippen LogP contribution in [0.3, 0.4) is 0 Å². The maximum Gasteiger partial charge on any atom is 0.189 e. The molecular weight excluding hydrogens is 291 g/mol. The highest BCUT2D eigenvalue weighted by molar-refractivity contribution is 6.11. The Labute approximate surface area is 135 Å². The molecule has 0 spiro atoms. The van der Waals surface area contributed by atoms with Gasteiger partial charge in [-0.3, -0.25) is 4.79 Å². The van der Waals surface area contributed by atoms with Crippen molar-refractivity contribution in [3.63, 3.8) is 0 Å². The van der Waals surface area contributed by atoms with E-state index in [9.17, 15) is 9.18 Å². The van der Waals surface area contributed by atoms with Crippen molar-refractivity contribution in [1.29, 1.82) is 0 Å². The van der Waals surface area contributed by atoms with Gasteiger partial charge in [0, 0.05) is 34.1 Å². The topological polar surface area (TPSA) is 55.1 Å². The molecule has 0 saturated heterocycles. The molecule has 1 heterocycles. The van der Waals surface area contributed by atoms with Gasteiger partial charge in [-0.2, -0.15) is 0 Å². The molecule has 0 aromatic heterocycles. The van der Waals surface area contributed by atoms with E-state index in [1.54, 1.807) is 30.3 Å². The Hall–Kier alpha value is -2.62. The molecule has 23 heavy (non-hydrogen) atoms. The van der Waals surface area contributed by atoms with Crippen LogP contribution in [-0.4, -0.2) is 11.3 Å². The fourth-order valence-electron chi connectivity index (χ4n) is 2.95. The third-order valence-electron chi connectivity index (χ3n) is 3.97. The monoisotopic (exact) mass is 310 g/mol. The highest BCUT2D eigenvalue weighted by Gasteiger charge is 2.28. The van der Waals surface area contributed by atoms with Crippen LogP contribution in [-0.2, 0) is 6.42 Å². The van der Waals surface area contributed by atoms with E-state index in [0.29, 0.717) is 16.9 Å². The molecule has 0 unspecified atom stereocenters. The van der Waals surface area contributed by atoms with Crippen LogP contribution in [0, 0.1) is 5.82 Å². The molecule has 1 aliphatic rings. The van der Waals surface area contributed by atoms with Gasteiger partial charge in [-0.05, 0) is 50.1 Å². The average Bonchev–Trinajstić information content (AvgIpc) is 2.47. The van der Waals surface area contributed by atoms with Crippen LogP contribution < -0.4 is 11.1 Å². The zero-order chi connectivity index (χ0) is 16.6. The Morgan fingerprint density at radius 1 is 1.26 bits per heavy atom. The van der Waals surface area contributed by atoms with Gasteiger partial charge in [-0.1, -0.05) is 18.2 Å². The smallest absolute Gasteiger partial charge is 0.189 e. The summed E-state index contributed by atoms with van der Waals surface area (Å²) in [6.45, 7) is 4.10. The van der Waals surface area contributed by atoms with E-state index in [1.807, 2.05) is 0 Å². The Morgan fingerprint density at radius 3 is 2.74 bits per heavy atom. The first-order valence-corrected chi connectivity index (χ1v) is 7.53. The third kappa shape index (κ3) is 3.11. The average molecular weight is 310 g/mol. The zero-order valence-corrected chi connectivity index (χ0v) is 13.2. The van der Waals surface area contributed by atoms with Gasteiger partial charge < -0.3 is 11.1 Å². The number of allylic oxidation sites excluding steroid dienone is 1. The molecule has 118 valence electrons. The van der Waals surface area contributed by atoms with Crippen molar-refractivity contribution in [3.05, 3.63) is 71.0 Å². The van der Waals surface area contributed by atoms with Crippen LogP contribution >= 0.6 is 0 Å². The minimum Gasteiger partial charge on any atom is -0.398 e. The highest BCUT2D eigenvalue weighted by Crippen LogP contribution is 2.30. The fourth-order valence-corrected chi connectivity index (χ4v) is 2.95. The number of benzene rings is 2. The lowest BCUT2D eigenvalue weighted by molar-refractivity contribution is 0.104. The second-order valence-corrected chi connectivity index (χ2v) is 6.50. The summed E-state index contributed by atoms with van der Waals surface area (Å²) < 4.78 is 13.6. The van der Waals surface area contributed by atoms with Crippen molar-refractivity contribution >= 4 is 17.2 Å². The molecule has 2 aromatic rings. The third-order valence-corrected chi connectivity index (χ3v) is 3.97. The first-order chi connectivity index (χ1) is 10.9. The van der Waals surface area contributed by atoms with Gasteiger partial charge in [0.05, 0.1) is 0 Å². The molecule has 0 saturated carbocycles. The number of nitrogens with one attached hydrogen (secondary N) is 1. The van der Waals surface area contributed by atoms with Crippen molar-refractivity contribution in [2.24, 2.45) is 0 Å². The number of ketones is 1. The standard InChI is InChI=1S/C19H19FN2O/c1-19(2)11-12-7-8-13(20)9-15(12)17(22-19)10-18(23)14-5-3-4-6-16(14)21/h3-10,22H,11,21H2,1-2H3/b17-10-. The van der Waals surface area contributed by atoms with Gasteiger partial charge >= 0.3 is 0 Å². The van der Waals surface area contributed by atoms with E-state index in [4.69, 9.17) is 5.73 Å². The molecular formula is C19H19FN2O. The van der Waals surface area contributed by atoms with E-state index in [-0.39, 0.29) is 17.1 Å². The second kappa shape index (κ2) is 5.54. The summed E-state index contributed by atoms with van der Waals surface area (Å²) >= 11 is 0. The zero-order valence-electron chi connectivity index (χ0n) is 13.2. The summed E-state index contributed by atoms with van der Waals surface area (Å²) in [7, 11) is 0. The largest absolute Gasteiger partial charge is 0.398 e. The molecule has 0 atom stereocenters. The molecule has 4 heteroatoms. The predicted molar refractivity (Wildman–Crippen MR) is 90.5 cm³/mol. The Balaban J connectivity index is 2.07. The van der Waals surface area contributed by atoms with Gasteiger partial charge in [-0.15, -0.1) is 0 Å². The van der Waals surface area contributed by atoms with Crippen molar-refractivity contribution in [3.8, 4) is 0 Å². The lowest BCUT2D eigenvalue weighted by Gasteiger charge is -2.35. The van der Waals surface area contributed by atoms with Crippen LogP contribution in [0.4, 0.5) is 10.1 Å². The number of anilines is 1. The Morgan fingerprint density at radius 2 is 2.00 bits per heavy atom. The maximum atomic E-state index is 13.6. The number of fused-ring (bicyclic) bond motifs is 1. The van der Waals surface area contributed by atoms with Crippen LogP contribution in [0.15, 0.2) is 48.5 Å². The van der Waals surface area contributed by atoms with Crippen molar-refractivity contribution in [1.82, 2.24) is 5.32 Å². The van der Waals surface area contributed by atoms with E-state index in [1.165, 1.54) is 18.2 Å². The lowest BCUT2D eigenvalue weighted by Crippen LogP contribution is -2.43. The minimum atomic E-state index is -0.317. The van der Waals surface area contributed by atoms with Crippen molar-refractivity contribution in [2.45, 2.75) is 25.8 Å². The molecule has 3 nitrogen and oxygen atoms in total. The first kappa shape index (κ1) is 15.3. The van der Waals surface area contributed by atoms with Gasteiger partial charge in [0.1, 0.15) is 5.82 Å². The normalized spacial score (nSPS) is 17.4. The molecule has 0 fully saturated rings. The van der Waals surface area contributed by atoms with Crippen LogP contribution in [0.5, 0.6) is 0 Å². The van der Waals surface area contributed by atoms with Crippen LogP contribution in [0.2, 0.25) is 0 Å². The Kier molecular flexibility index (Phi) is 3.68. The van der Waals surface area contributed by atoms with E-state index in [2.05, 4.69) is 19.2 Å². The number of halogens is 1. The molecule has 0 radical (unpaired) electrons. The summed E-state index contributed by atoms with van der Waals surface area (Å²) in [5.41, 5.74) is 8.92. The second-order valence-electron chi connectivity index (χ2n) is 6.50. The molecule has 0 amide bonds. The number of hydrogen-bond acceptors (Lipinski definition) is 3. The number of carbonyl (C=O) groups excluding carboxylic acids is 1. The summed E-state index contributed by atoms with van der Waals surface area (Å²) in [5, 5.41) is 3.33. The van der Waals surface area contributed by atoms with E-state index >= 15 is 0 Å². The van der Waals surface area contributed by atoms with E-state index < -0.39 is 0 Å². The number of nitrogens with two attached hydrogens (primary N) is 1. The molecule has 0 bridgehead atoms. The highest BCUT2D eigenvalue weighted by atomic mass is 19.1. The van der Waals surface area contributed by atoms with Crippen molar-refractivity contribution in [2.75, 3.05) is 5.73 Å². The molecule has 3 N–H and O–H groups in total. The molecule has 3 rings (SSSR count). The van der Waals surface area contributed by atoms with Crippen LogP contribution in [0.25, 0.3) is 5.70 Å². The SMILES string of the molecule is CC1(C)Cc2ccc(F)cc2/C(=C/C(=O)c2ccccc2N)N1. The number of rotatable bonds is 2. The van der Waals surface area contributed by atoms with Gasteiger partial charge in [-0.25, -0.2) is 4.39 Å². The maximum absolute atomic E-state index is 13.6. The van der Waals surface area contributed by atoms with Crippen molar-refractivity contribution < 1.29 is 9.18 Å². The van der Waals surface area contributed by atoms with Crippen LogP contribution in [0.1, 0.15) is 35.3 Å². The molecule has 0 aliphatic carbocycles. The number of carbonyl (C=O) groups is 1. The quantitative estimate of drug-likeness (QED) is 0.506. The number of nitrogen functional groups attached to an aromatic ring is 1. The van der Waals surface area contributed by atoms with E-state index in [0.717, 1.165) is 17.5 Å². The first-order valence-electron chi connectivity index (χ1n) is 7.53. The predicted octanol–water partition coefficient (Wildman–Crippen LogP) is 3.56. The summed E-state index contributed by atoms with van der Waals surface area (Å²) in [6, 6.07) is 11.6. The molecule has 2 aromatic carbocycles. The summed E-state index contributed by atoms with van der Waals surface area (Å²) in [5.74, 6) is -0.513. The fraction of sp³-hybridized carbons (Fsp3) is 0.211. The van der Waals surface area contributed by atoms with Gasteiger partial charge in [0.15, 0.2) is 5.78 Å². The molecule has 1 aliphatic heterocycles. The number of hydrogen-bond donors (Lipinski definition) is 2. The minimum absolute atomic E-state index is 0.196. The summed E-state index contributed by atoms with van der Waals surface area (Å²) in [6.07, 6.45) is 2.27. The Bertz CT molecular complexity index is 809. The van der Waals surface area contributed by atoms with Gasteiger partial charge in [0.25, 0.3) is 0 Å². The number of para-hydroxylation sites is 1. The van der Waals surface area contributed by atoms with Gasteiger partial charge in [0.2, 0.25) is 0 Å². The lowest BCUT2D eigenvalue weighted by atomic mass is 9.85. The summed E-state index contributed by atoms with van der Waals surface area (Å²) in [4.78, 5) is 12.5.